The molecule has 0 unspecified atom stereocenters. The SMILES string of the molecule is CC1(C(=O)N=S2(=O)CCC3(CC2)CN(C(=O)c2cc(F)c[nH]2)CCO3)CC1. The number of carbonyl (C=O) groups excluding carboxylic acids is 2. The van der Waals surface area contributed by atoms with E-state index in [2.05, 4.69) is 9.35 Å². The minimum Gasteiger partial charge on any atom is -0.371 e. The number of nitrogens with zero attached hydrogens (tertiary/aromatic N) is 2. The van der Waals surface area contributed by atoms with Crippen LogP contribution < -0.4 is 0 Å². The minimum absolute atomic E-state index is 0.211. The second kappa shape index (κ2) is 6.41. The maximum Gasteiger partial charge on any atom is 0.270 e. The fourth-order valence-electron chi connectivity index (χ4n) is 3.65. The zero-order chi connectivity index (χ0) is 19.3. The number of nitrogens with one attached hydrogen (secondary N) is 1. The summed E-state index contributed by atoms with van der Waals surface area (Å²) in [6, 6.07) is 1.18. The lowest BCUT2D eigenvalue weighted by atomic mass is 9.94. The van der Waals surface area contributed by atoms with Gasteiger partial charge in [0.15, 0.2) is 0 Å². The summed E-state index contributed by atoms with van der Waals surface area (Å²) in [6.07, 6.45) is 3.76. The standard InChI is InChI=1S/C18H24FN3O4S/c1-17(2-3-17)16(24)21-27(25)8-4-18(5-9-27)12-22(6-7-26-18)15(23)14-10-13(19)11-20-14/h10-11,20H,2-9,12H2,1H3. The third-order valence-corrected chi connectivity index (χ3v) is 8.12. The molecule has 9 heteroatoms. The Morgan fingerprint density at radius 1 is 1.30 bits per heavy atom. The van der Waals surface area contributed by atoms with Crippen molar-refractivity contribution in [2.24, 2.45) is 9.78 Å². The Morgan fingerprint density at radius 3 is 2.59 bits per heavy atom. The van der Waals surface area contributed by atoms with Crippen molar-refractivity contribution in [3.8, 4) is 0 Å². The van der Waals surface area contributed by atoms with E-state index in [4.69, 9.17) is 4.74 Å². The van der Waals surface area contributed by atoms with Crippen LogP contribution in [-0.2, 0) is 19.3 Å². The van der Waals surface area contributed by atoms with Crippen LogP contribution in [0.15, 0.2) is 16.6 Å². The topological polar surface area (TPSA) is 91.8 Å². The second-order valence-corrected chi connectivity index (χ2v) is 10.7. The van der Waals surface area contributed by atoms with E-state index in [1.165, 1.54) is 6.07 Å². The van der Waals surface area contributed by atoms with E-state index in [1.54, 1.807) is 4.90 Å². The van der Waals surface area contributed by atoms with Gasteiger partial charge in [-0.2, -0.15) is 4.36 Å². The summed E-state index contributed by atoms with van der Waals surface area (Å²) in [5.41, 5.74) is -0.764. The molecule has 1 aliphatic carbocycles. The predicted molar refractivity (Wildman–Crippen MR) is 97.2 cm³/mol. The highest BCUT2D eigenvalue weighted by molar-refractivity contribution is 7.93. The number of H-pyrrole nitrogens is 1. The fourth-order valence-corrected chi connectivity index (χ4v) is 5.95. The van der Waals surface area contributed by atoms with Gasteiger partial charge in [0.1, 0.15) is 11.5 Å². The summed E-state index contributed by atoms with van der Waals surface area (Å²) in [6.45, 7) is 3.04. The van der Waals surface area contributed by atoms with Crippen LogP contribution in [0.3, 0.4) is 0 Å². The van der Waals surface area contributed by atoms with Crippen molar-refractivity contribution in [1.82, 2.24) is 9.88 Å². The molecule has 1 aromatic heterocycles. The highest BCUT2D eigenvalue weighted by Crippen LogP contribution is 2.46. The van der Waals surface area contributed by atoms with Crippen LogP contribution >= 0.6 is 0 Å². The Labute approximate surface area is 157 Å². The van der Waals surface area contributed by atoms with Gasteiger partial charge in [0, 0.05) is 35.7 Å². The molecule has 27 heavy (non-hydrogen) atoms. The third-order valence-electron chi connectivity index (χ3n) is 5.93. The van der Waals surface area contributed by atoms with Crippen molar-refractivity contribution in [3.05, 3.63) is 23.8 Å². The van der Waals surface area contributed by atoms with Gasteiger partial charge in [-0.15, -0.1) is 0 Å². The number of aromatic amines is 1. The molecule has 148 valence electrons. The van der Waals surface area contributed by atoms with E-state index < -0.39 is 26.6 Å². The van der Waals surface area contributed by atoms with Crippen molar-refractivity contribution in [3.63, 3.8) is 0 Å². The summed E-state index contributed by atoms with van der Waals surface area (Å²) < 4.78 is 36.2. The van der Waals surface area contributed by atoms with Gasteiger partial charge in [-0.1, -0.05) is 6.92 Å². The van der Waals surface area contributed by atoms with E-state index in [9.17, 15) is 18.2 Å². The van der Waals surface area contributed by atoms with Crippen molar-refractivity contribution in [2.45, 2.75) is 38.2 Å². The lowest BCUT2D eigenvalue weighted by Gasteiger charge is -2.45. The average Bonchev–Trinajstić information content (AvgIpc) is 3.26. The molecule has 1 saturated carbocycles. The molecule has 2 aliphatic heterocycles. The van der Waals surface area contributed by atoms with Gasteiger partial charge >= 0.3 is 0 Å². The van der Waals surface area contributed by atoms with E-state index in [-0.39, 0.29) is 17.5 Å². The average molecular weight is 397 g/mol. The Kier molecular flexibility index (Phi) is 4.42. The summed E-state index contributed by atoms with van der Waals surface area (Å²) in [5.74, 6) is -0.385. The Bertz CT molecular complexity index is 884. The first kappa shape index (κ1) is 18.6. The molecule has 0 aromatic carbocycles. The molecule has 7 nitrogen and oxygen atoms in total. The van der Waals surface area contributed by atoms with Crippen molar-refractivity contribution in [1.29, 1.82) is 0 Å². The second-order valence-electron chi connectivity index (χ2n) is 8.13. The molecule has 2 saturated heterocycles. The summed E-state index contributed by atoms with van der Waals surface area (Å²) in [7, 11) is -2.56. The number of hydrogen-bond donors (Lipinski definition) is 1. The molecule has 1 N–H and O–H groups in total. The molecule has 0 bridgehead atoms. The molecule has 3 fully saturated rings. The Morgan fingerprint density at radius 2 is 2.00 bits per heavy atom. The minimum atomic E-state index is -2.56. The molecule has 3 aliphatic rings. The molecular formula is C18H24FN3O4S. The van der Waals surface area contributed by atoms with Crippen LogP contribution in [0.1, 0.15) is 43.1 Å². The van der Waals surface area contributed by atoms with E-state index in [1.807, 2.05) is 6.92 Å². The molecule has 4 rings (SSSR count). The normalized spacial score (nSPS) is 32.3. The van der Waals surface area contributed by atoms with Crippen LogP contribution in [-0.4, -0.2) is 62.7 Å². The maximum atomic E-state index is 13.2. The Balaban J connectivity index is 1.44. The van der Waals surface area contributed by atoms with Crippen LogP contribution in [0.25, 0.3) is 0 Å². The number of rotatable bonds is 2. The monoisotopic (exact) mass is 397 g/mol. The lowest BCUT2D eigenvalue weighted by molar-refractivity contribution is -0.122. The molecule has 3 heterocycles. The molecule has 2 amide bonds. The van der Waals surface area contributed by atoms with Gasteiger partial charge < -0.3 is 14.6 Å². The highest BCUT2D eigenvalue weighted by atomic mass is 32.2. The van der Waals surface area contributed by atoms with Crippen molar-refractivity contribution >= 4 is 21.5 Å². The zero-order valence-corrected chi connectivity index (χ0v) is 16.1. The largest absolute Gasteiger partial charge is 0.371 e. The van der Waals surface area contributed by atoms with Gasteiger partial charge in [0.05, 0.1) is 28.5 Å². The first-order valence-electron chi connectivity index (χ1n) is 9.27. The quantitative estimate of drug-likeness (QED) is 0.826. The Hall–Kier alpha value is -1.74. The van der Waals surface area contributed by atoms with E-state index in [0.717, 1.165) is 19.0 Å². The van der Waals surface area contributed by atoms with Gasteiger partial charge in [-0.3, -0.25) is 9.59 Å². The lowest BCUT2D eigenvalue weighted by Crippen LogP contribution is -2.56. The van der Waals surface area contributed by atoms with E-state index in [0.29, 0.717) is 44.0 Å². The number of morpholine rings is 1. The summed E-state index contributed by atoms with van der Waals surface area (Å²) in [5, 5.41) is 0. The fraction of sp³-hybridized carbons (Fsp3) is 0.667. The van der Waals surface area contributed by atoms with E-state index >= 15 is 0 Å². The van der Waals surface area contributed by atoms with Crippen molar-refractivity contribution < 1.29 is 22.9 Å². The molecule has 1 aromatic rings. The van der Waals surface area contributed by atoms with Crippen LogP contribution in [0.4, 0.5) is 4.39 Å². The predicted octanol–water partition coefficient (Wildman–Crippen LogP) is 1.95. The number of amides is 2. The summed E-state index contributed by atoms with van der Waals surface area (Å²) >= 11 is 0. The number of hydrogen-bond acceptors (Lipinski definition) is 4. The first-order valence-corrected chi connectivity index (χ1v) is 11.1. The third kappa shape index (κ3) is 3.67. The van der Waals surface area contributed by atoms with Crippen molar-refractivity contribution in [2.75, 3.05) is 31.2 Å². The number of ether oxygens (including phenoxy) is 1. The highest BCUT2D eigenvalue weighted by Gasteiger charge is 2.47. The van der Waals surface area contributed by atoms with Gasteiger partial charge in [-0.25, -0.2) is 8.60 Å². The number of halogens is 1. The smallest absolute Gasteiger partial charge is 0.270 e. The van der Waals surface area contributed by atoms with Gasteiger partial charge in [0.2, 0.25) is 0 Å². The molecule has 0 atom stereocenters. The van der Waals surface area contributed by atoms with Crippen LogP contribution in [0, 0.1) is 11.2 Å². The van der Waals surface area contributed by atoms with Crippen LogP contribution in [0.5, 0.6) is 0 Å². The zero-order valence-electron chi connectivity index (χ0n) is 15.3. The molecule has 1 spiro atoms. The number of carbonyl (C=O) groups is 2. The molecular weight excluding hydrogens is 373 g/mol. The molecule has 0 radical (unpaired) electrons. The first-order chi connectivity index (χ1) is 12.7. The van der Waals surface area contributed by atoms with Gasteiger partial charge in [0.25, 0.3) is 11.8 Å². The maximum absolute atomic E-state index is 13.2. The number of aromatic nitrogens is 1. The van der Waals surface area contributed by atoms with Gasteiger partial charge in [-0.05, 0) is 25.7 Å². The van der Waals surface area contributed by atoms with Crippen LogP contribution in [0.2, 0.25) is 0 Å². The summed E-state index contributed by atoms with van der Waals surface area (Å²) in [4.78, 5) is 29.1.